The van der Waals surface area contributed by atoms with Gasteiger partial charge in [0.1, 0.15) is 6.23 Å². The zero-order chi connectivity index (χ0) is 24.2. The predicted molar refractivity (Wildman–Crippen MR) is 146 cm³/mol. The van der Waals surface area contributed by atoms with Crippen LogP contribution in [0.1, 0.15) is 181 Å². The van der Waals surface area contributed by atoms with E-state index < -0.39 is 6.23 Å². The molecule has 0 heterocycles. The van der Waals surface area contributed by atoms with Gasteiger partial charge in [-0.1, -0.05) is 155 Å². The zero-order valence-electron chi connectivity index (χ0n) is 22.8. The van der Waals surface area contributed by atoms with Gasteiger partial charge in [0.05, 0.1) is 0 Å². The Morgan fingerprint density at radius 1 is 0.515 bits per heavy atom. The molecule has 0 aliphatic carbocycles. The Hall–Kier alpha value is -0.570. The lowest BCUT2D eigenvalue weighted by Crippen LogP contribution is -2.34. The van der Waals surface area contributed by atoms with Crippen LogP contribution in [0.3, 0.4) is 0 Å². The maximum absolute atomic E-state index is 11.9. The van der Waals surface area contributed by atoms with E-state index in [1.807, 2.05) is 0 Å². The van der Waals surface area contributed by atoms with Gasteiger partial charge < -0.3 is 10.4 Å². The van der Waals surface area contributed by atoms with Gasteiger partial charge in [-0.25, -0.2) is 0 Å². The number of carbonyl (C=O) groups excluding carboxylic acids is 1. The standard InChI is InChI=1S/C30H61NO2/c1-3-5-7-9-10-11-12-13-14-15-16-17-18-19-20-21-22-24-26-28-30(33)31-29(32)27-25-23-8-6-4-2/h29,32H,3-28H2,1-2H3,(H,31,33). The Morgan fingerprint density at radius 2 is 0.818 bits per heavy atom. The molecule has 0 aromatic rings. The van der Waals surface area contributed by atoms with Crippen LogP contribution in [0.4, 0.5) is 0 Å². The van der Waals surface area contributed by atoms with Crippen molar-refractivity contribution in [2.75, 3.05) is 0 Å². The lowest BCUT2D eigenvalue weighted by atomic mass is 10.0. The Balaban J connectivity index is 3.20. The maximum atomic E-state index is 11.9. The second-order valence-corrected chi connectivity index (χ2v) is 10.4. The first-order chi connectivity index (χ1) is 16.2. The van der Waals surface area contributed by atoms with Gasteiger partial charge in [-0.05, 0) is 19.3 Å². The molecule has 198 valence electrons. The molecule has 3 nitrogen and oxygen atoms in total. The molecule has 3 heteroatoms. The van der Waals surface area contributed by atoms with Crippen molar-refractivity contribution >= 4 is 5.91 Å². The third-order valence-corrected chi connectivity index (χ3v) is 6.92. The fourth-order valence-corrected chi connectivity index (χ4v) is 4.64. The fourth-order valence-electron chi connectivity index (χ4n) is 4.64. The van der Waals surface area contributed by atoms with Crippen LogP contribution >= 0.6 is 0 Å². The quantitative estimate of drug-likeness (QED) is 0.0932. The number of hydrogen-bond acceptors (Lipinski definition) is 2. The molecule has 0 radical (unpaired) electrons. The van der Waals surface area contributed by atoms with Crippen molar-refractivity contribution in [3.8, 4) is 0 Å². The van der Waals surface area contributed by atoms with Crippen molar-refractivity contribution in [3.63, 3.8) is 0 Å². The van der Waals surface area contributed by atoms with Crippen molar-refractivity contribution in [2.24, 2.45) is 0 Å². The normalized spacial score (nSPS) is 12.2. The highest BCUT2D eigenvalue weighted by molar-refractivity contribution is 5.75. The van der Waals surface area contributed by atoms with Crippen LogP contribution in [-0.4, -0.2) is 17.2 Å². The highest BCUT2D eigenvalue weighted by Crippen LogP contribution is 2.15. The highest BCUT2D eigenvalue weighted by atomic mass is 16.3. The molecule has 1 atom stereocenters. The third-order valence-electron chi connectivity index (χ3n) is 6.92. The first-order valence-corrected chi connectivity index (χ1v) is 15.2. The van der Waals surface area contributed by atoms with Crippen LogP contribution in [-0.2, 0) is 4.79 Å². The van der Waals surface area contributed by atoms with E-state index in [4.69, 9.17) is 0 Å². The molecule has 0 aromatic carbocycles. The minimum atomic E-state index is -0.653. The molecule has 1 unspecified atom stereocenters. The minimum absolute atomic E-state index is 0.0167. The van der Waals surface area contributed by atoms with Crippen molar-refractivity contribution in [2.45, 2.75) is 187 Å². The highest BCUT2D eigenvalue weighted by Gasteiger charge is 2.08. The monoisotopic (exact) mass is 467 g/mol. The van der Waals surface area contributed by atoms with Gasteiger partial charge in [-0.3, -0.25) is 4.79 Å². The molecule has 2 N–H and O–H groups in total. The van der Waals surface area contributed by atoms with Crippen molar-refractivity contribution in [1.29, 1.82) is 0 Å². The summed E-state index contributed by atoms with van der Waals surface area (Å²) in [5, 5.41) is 12.6. The fraction of sp³-hybridized carbons (Fsp3) is 0.967. The van der Waals surface area contributed by atoms with Crippen molar-refractivity contribution in [3.05, 3.63) is 0 Å². The number of amides is 1. The Morgan fingerprint density at radius 3 is 1.18 bits per heavy atom. The second-order valence-electron chi connectivity index (χ2n) is 10.4. The average molecular weight is 468 g/mol. The summed E-state index contributed by atoms with van der Waals surface area (Å²) in [6.45, 7) is 4.49. The van der Waals surface area contributed by atoms with Gasteiger partial charge in [0.2, 0.25) is 5.91 Å². The number of aliphatic hydroxyl groups excluding tert-OH is 1. The molecule has 33 heavy (non-hydrogen) atoms. The topological polar surface area (TPSA) is 49.3 Å². The van der Waals surface area contributed by atoms with E-state index in [1.54, 1.807) is 0 Å². The van der Waals surface area contributed by atoms with Crippen molar-refractivity contribution in [1.82, 2.24) is 5.32 Å². The van der Waals surface area contributed by atoms with Crippen LogP contribution < -0.4 is 5.32 Å². The van der Waals surface area contributed by atoms with Crippen LogP contribution in [0.2, 0.25) is 0 Å². The number of carbonyl (C=O) groups is 1. The molecule has 0 bridgehead atoms. The van der Waals surface area contributed by atoms with Crippen LogP contribution in [0, 0.1) is 0 Å². The largest absolute Gasteiger partial charge is 0.374 e. The number of aliphatic hydroxyl groups is 1. The molecule has 1 amide bonds. The van der Waals surface area contributed by atoms with Gasteiger partial charge in [-0.2, -0.15) is 0 Å². The molecule has 0 aromatic heterocycles. The summed E-state index contributed by atoms with van der Waals surface area (Å²) >= 11 is 0. The van der Waals surface area contributed by atoms with Gasteiger partial charge in [-0.15, -0.1) is 0 Å². The number of unbranched alkanes of at least 4 members (excludes halogenated alkanes) is 22. The van der Waals surface area contributed by atoms with E-state index in [9.17, 15) is 9.90 Å². The Bertz CT molecular complexity index is 385. The third kappa shape index (κ3) is 27.6. The first-order valence-electron chi connectivity index (χ1n) is 15.2. The van der Waals surface area contributed by atoms with E-state index >= 15 is 0 Å². The summed E-state index contributed by atoms with van der Waals surface area (Å²) in [6.07, 6.45) is 32.4. The van der Waals surface area contributed by atoms with Crippen LogP contribution in [0.25, 0.3) is 0 Å². The smallest absolute Gasteiger partial charge is 0.221 e. The van der Waals surface area contributed by atoms with E-state index in [0.717, 1.165) is 25.7 Å². The minimum Gasteiger partial charge on any atom is -0.374 e. The van der Waals surface area contributed by atoms with E-state index in [2.05, 4.69) is 19.2 Å². The molecule has 0 rings (SSSR count). The number of hydrogen-bond donors (Lipinski definition) is 2. The molecule has 0 aliphatic rings. The summed E-state index contributed by atoms with van der Waals surface area (Å²) in [4.78, 5) is 11.9. The lowest BCUT2D eigenvalue weighted by molar-refractivity contribution is -0.124. The molecule has 0 saturated carbocycles. The molecular formula is C30H61NO2. The summed E-state index contributed by atoms with van der Waals surface area (Å²) in [5.41, 5.74) is 0. The van der Waals surface area contributed by atoms with Gasteiger partial charge in [0.15, 0.2) is 0 Å². The molecule has 0 spiro atoms. The first kappa shape index (κ1) is 32.4. The SMILES string of the molecule is CCCCCCCCCCCCCCCCCCCCCC(=O)NC(O)CCCCCCC. The molecule has 0 aliphatic heterocycles. The summed E-state index contributed by atoms with van der Waals surface area (Å²) in [6, 6.07) is 0. The molecular weight excluding hydrogens is 406 g/mol. The summed E-state index contributed by atoms with van der Waals surface area (Å²) in [5.74, 6) is 0.0167. The number of rotatable bonds is 27. The van der Waals surface area contributed by atoms with Gasteiger partial charge >= 0.3 is 0 Å². The average Bonchev–Trinajstić information content (AvgIpc) is 2.80. The lowest BCUT2D eigenvalue weighted by Gasteiger charge is -2.12. The van der Waals surface area contributed by atoms with Crippen LogP contribution in [0.15, 0.2) is 0 Å². The van der Waals surface area contributed by atoms with E-state index in [0.29, 0.717) is 12.8 Å². The summed E-state index contributed by atoms with van der Waals surface area (Å²) in [7, 11) is 0. The van der Waals surface area contributed by atoms with Gasteiger partial charge in [0.25, 0.3) is 0 Å². The van der Waals surface area contributed by atoms with E-state index in [-0.39, 0.29) is 5.91 Å². The summed E-state index contributed by atoms with van der Waals surface area (Å²) < 4.78 is 0. The van der Waals surface area contributed by atoms with Crippen molar-refractivity contribution < 1.29 is 9.90 Å². The van der Waals surface area contributed by atoms with Gasteiger partial charge in [0, 0.05) is 6.42 Å². The van der Waals surface area contributed by atoms with Crippen LogP contribution in [0.5, 0.6) is 0 Å². The molecule has 0 saturated heterocycles. The Labute approximate surface area is 208 Å². The maximum Gasteiger partial charge on any atom is 0.221 e. The zero-order valence-corrected chi connectivity index (χ0v) is 22.8. The molecule has 0 fully saturated rings. The second kappa shape index (κ2) is 27.7. The number of nitrogens with one attached hydrogen (secondary N) is 1. The Kier molecular flexibility index (Phi) is 27.2. The van der Waals surface area contributed by atoms with E-state index in [1.165, 1.54) is 128 Å². The predicted octanol–water partition coefficient (Wildman–Crippen LogP) is 9.60.